The Kier molecular flexibility index (Phi) is 5.55. The summed E-state index contributed by atoms with van der Waals surface area (Å²) in [4.78, 5) is 24.7. The first-order chi connectivity index (χ1) is 10.5. The number of hydrogen-bond acceptors (Lipinski definition) is 5. The van der Waals surface area contributed by atoms with Crippen LogP contribution in [0.2, 0.25) is 0 Å². The summed E-state index contributed by atoms with van der Waals surface area (Å²) in [5.74, 6) is 0. The molecule has 0 aliphatic carbocycles. The molecule has 0 aromatic carbocycles. The predicted molar refractivity (Wildman–Crippen MR) is 80.8 cm³/mol. The topological polar surface area (TPSA) is 93.7 Å². The van der Waals surface area contributed by atoms with Crippen LogP contribution in [0.4, 0.5) is 0 Å². The molecule has 0 amide bonds. The van der Waals surface area contributed by atoms with Crippen LogP contribution in [-0.4, -0.2) is 38.2 Å². The number of nitrogens with zero attached hydrogens (tertiary/aromatic N) is 2. The van der Waals surface area contributed by atoms with E-state index in [1.807, 2.05) is 0 Å². The van der Waals surface area contributed by atoms with Gasteiger partial charge in [0, 0.05) is 24.7 Å². The molecule has 2 heterocycles. The third kappa shape index (κ3) is 3.31. The fraction of sp³-hybridized carbons (Fsp3) is 0.733. The normalized spacial score (nSPS) is 24.8. The Bertz CT molecular complexity index is 621. The maximum Gasteiger partial charge on any atom is 0.333 e. The van der Waals surface area contributed by atoms with Crippen molar-refractivity contribution < 1.29 is 14.9 Å². The Morgan fingerprint density at radius 3 is 2.68 bits per heavy atom. The van der Waals surface area contributed by atoms with Crippen molar-refractivity contribution in [2.24, 2.45) is 0 Å². The molecule has 1 aromatic heterocycles. The minimum atomic E-state index is -0.817. The predicted octanol–water partition coefficient (Wildman–Crippen LogP) is 0.149. The molecule has 1 fully saturated rings. The lowest BCUT2D eigenvalue weighted by atomic mass is 10.2. The molecule has 124 valence electrons. The van der Waals surface area contributed by atoms with Crippen LogP contribution in [0.1, 0.15) is 44.4 Å². The van der Waals surface area contributed by atoms with Crippen LogP contribution in [0.25, 0.3) is 0 Å². The second kappa shape index (κ2) is 7.21. The third-order valence-electron chi connectivity index (χ3n) is 4.05. The molecular weight excluding hydrogens is 288 g/mol. The maximum absolute atomic E-state index is 12.5. The molecule has 0 spiro atoms. The molecule has 1 aliphatic heterocycles. The van der Waals surface area contributed by atoms with Crippen molar-refractivity contribution in [3.63, 3.8) is 0 Å². The lowest BCUT2D eigenvalue weighted by Crippen LogP contribution is -2.42. The van der Waals surface area contributed by atoms with Crippen LogP contribution in [0.15, 0.2) is 15.8 Å². The highest BCUT2D eigenvalue weighted by molar-refractivity contribution is 5.04. The number of rotatable bonds is 6. The molecule has 22 heavy (non-hydrogen) atoms. The second-order valence-corrected chi connectivity index (χ2v) is 5.78. The maximum atomic E-state index is 12.5. The molecule has 0 bridgehead atoms. The number of aliphatic hydroxyl groups is 2. The SMILES string of the molecule is CCCCCn1c(=O)c(C)cn(C2CC(O)C(CO)O2)c1=O. The van der Waals surface area contributed by atoms with E-state index < -0.39 is 24.1 Å². The molecule has 0 radical (unpaired) electrons. The van der Waals surface area contributed by atoms with Gasteiger partial charge in [-0.1, -0.05) is 19.8 Å². The van der Waals surface area contributed by atoms with E-state index in [1.165, 1.54) is 15.3 Å². The van der Waals surface area contributed by atoms with Gasteiger partial charge in [-0.15, -0.1) is 0 Å². The lowest BCUT2D eigenvalue weighted by Gasteiger charge is -2.17. The van der Waals surface area contributed by atoms with E-state index in [-0.39, 0.29) is 18.6 Å². The summed E-state index contributed by atoms with van der Waals surface area (Å²) in [5, 5.41) is 18.9. The van der Waals surface area contributed by atoms with Gasteiger partial charge in [0.25, 0.3) is 5.56 Å². The summed E-state index contributed by atoms with van der Waals surface area (Å²) < 4.78 is 8.09. The first-order valence-electron chi connectivity index (χ1n) is 7.76. The van der Waals surface area contributed by atoms with E-state index in [1.54, 1.807) is 6.92 Å². The van der Waals surface area contributed by atoms with E-state index in [9.17, 15) is 14.7 Å². The van der Waals surface area contributed by atoms with Gasteiger partial charge in [-0.3, -0.25) is 13.9 Å². The van der Waals surface area contributed by atoms with Crippen LogP contribution in [0.3, 0.4) is 0 Å². The number of hydrogen-bond donors (Lipinski definition) is 2. The molecule has 7 heteroatoms. The molecule has 0 saturated carbocycles. The van der Waals surface area contributed by atoms with Crippen molar-refractivity contribution in [1.82, 2.24) is 9.13 Å². The molecule has 2 N–H and O–H groups in total. The van der Waals surface area contributed by atoms with Crippen molar-refractivity contribution in [2.45, 2.75) is 64.5 Å². The van der Waals surface area contributed by atoms with Crippen molar-refractivity contribution in [2.75, 3.05) is 6.61 Å². The Labute approximate surface area is 128 Å². The first-order valence-corrected chi connectivity index (χ1v) is 7.76. The number of unbranched alkanes of at least 4 members (excludes halogenated alkanes) is 2. The molecule has 1 aromatic rings. The van der Waals surface area contributed by atoms with Crippen LogP contribution in [0, 0.1) is 6.92 Å². The third-order valence-corrected chi connectivity index (χ3v) is 4.05. The molecule has 3 unspecified atom stereocenters. The first kappa shape index (κ1) is 16.9. The largest absolute Gasteiger partial charge is 0.394 e. The van der Waals surface area contributed by atoms with Gasteiger partial charge in [-0.2, -0.15) is 0 Å². The van der Waals surface area contributed by atoms with Gasteiger partial charge in [-0.05, 0) is 13.3 Å². The zero-order valence-electron chi connectivity index (χ0n) is 13.1. The van der Waals surface area contributed by atoms with Gasteiger partial charge in [0.15, 0.2) is 0 Å². The summed E-state index contributed by atoms with van der Waals surface area (Å²) in [6.07, 6.45) is 2.24. The molecular formula is C15H24N2O5. The molecule has 1 aliphatic rings. The van der Waals surface area contributed by atoms with Gasteiger partial charge in [0.1, 0.15) is 12.3 Å². The second-order valence-electron chi connectivity index (χ2n) is 5.78. The zero-order chi connectivity index (χ0) is 16.3. The summed E-state index contributed by atoms with van der Waals surface area (Å²) in [6, 6.07) is 0. The molecule has 2 rings (SSSR count). The average Bonchev–Trinajstić information content (AvgIpc) is 2.87. The van der Waals surface area contributed by atoms with Crippen molar-refractivity contribution in [3.05, 3.63) is 32.6 Å². The van der Waals surface area contributed by atoms with Crippen LogP contribution >= 0.6 is 0 Å². The van der Waals surface area contributed by atoms with Gasteiger partial charge in [0.05, 0.1) is 12.7 Å². The Morgan fingerprint density at radius 2 is 2.09 bits per heavy atom. The minimum absolute atomic E-state index is 0.220. The highest BCUT2D eigenvalue weighted by Crippen LogP contribution is 2.27. The highest BCUT2D eigenvalue weighted by Gasteiger charge is 2.35. The van der Waals surface area contributed by atoms with E-state index in [0.29, 0.717) is 12.1 Å². The average molecular weight is 312 g/mol. The van der Waals surface area contributed by atoms with Crippen molar-refractivity contribution in [1.29, 1.82) is 0 Å². The van der Waals surface area contributed by atoms with E-state index >= 15 is 0 Å². The van der Waals surface area contributed by atoms with Gasteiger partial charge in [0.2, 0.25) is 0 Å². The Balaban J connectivity index is 2.33. The minimum Gasteiger partial charge on any atom is -0.394 e. The lowest BCUT2D eigenvalue weighted by molar-refractivity contribution is -0.0464. The molecule has 3 atom stereocenters. The van der Waals surface area contributed by atoms with E-state index in [2.05, 4.69) is 6.92 Å². The molecule has 7 nitrogen and oxygen atoms in total. The van der Waals surface area contributed by atoms with Gasteiger partial charge < -0.3 is 14.9 Å². The quantitative estimate of drug-likeness (QED) is 0.729. The summed E-state index contributed by atoms with van der Waals surface area (Å²) in [6.45, 7) is 3.79. The van der Waals surface area contributed by atoms with Gasteiger partial charge in [-0.25, -0.2) is 4.79 Å². The number of aliphatic hydroxyl groups excluding tert-OH is 2. The smallest absolute Gasteiger partial charge is 0.333 e. The highest BCUT2D eigenvalue weighted by atomic mass is 16.5. The Morgan fingerprint density at radius 1 is 1.36 bits per heavy atom. The zero-order valence-corrected chi connectivity index (χ0v) is 13.1. The van der Waals surface area contributed by atoms with Crippen molar-refractivity contribution in [3.8, 4) is 0 Å². The van der Waals surface area contributed by atoms with Crippen LogP contribution in [0.5, 0.6) is 0 Å². The van der Waals surface area contributed by atoms with E-state index in [0.717, 1.165) is 19.3 Å². The fourth-order valence-corrected chi connectivity index (χ4v) is 2.73. The van der Waals surface area contributed by atoms with Crippen molar-refractivity contribution >= 4 is 0 Å². The summed E-state index contributed by atoms with van der Waals surface area (Å²) in [5.41, 5.74) is -0.251. The Hall–Kier alpha value is -1.44. The summed E-state index contributed by atoms with van der Waals surface area (Å²) in [7, 11) is 0. The standard InChI is InChI=1S/C15H24N2O5/c1-3-4-5-6-16-14(20)10(2)8-17(15(16)21)13-7-11(19)12(9-18)22-13/h8,11-13,18-19H,3-7,9H2,1-2H3. The molecule has 1 saturated heterocycles. The monoisotopic (exact) mass is 312 g/mol. The summed E-state index contributed by atoms with van der Waals surface area (Å²) >= 11 is 0. The number of ether oxygens (including phenoxy) is 1. The van der Waals surface area contributed by atoms with Crippen LogP contribution in [-0.2, 0) is 11.3 Å². The fourth-order valence-electron chi connectivity index (χ4n) is 2.73. The van der Waals surface area contributed by atoms with Crippen LogP contribution < -0.4 is 11.2 Å². The van der Waals surface area contributed by atoms with Gasteiger partial charge >= 0.3 is 5.69 Å². The number of aromatic nitrogens is 2. The van der Waals surface area contributed by atoms with E-state index in [4.69, 9.17) is 9.84 Å². The number of aryl methyl sites for hydroxylation is 1.